The molecule has 2 N–H and O–H groups in total. The predicted molar refractivity (Wildman–Crippen MR) is 53.5 cm³/mol. The zero-order valence-corrected chi connectivity index (χ0v) is 8.90. The van der Waals surface area contributed by atoms with Gasteiger partial charge in [-0.15, -0.1) is 0 Å². The first kappa shape index (κ1) is 9.97. The van der Waals surface area contributed by atoms with E-state index in [2.05, 4.69) is 0 Å². The Morgan fingerprint density at radius 2 is 2.07 bits per heavy atom. The van der Waals surface area contributed by atoms with Crippen LogP contribution >= 0.6 is 0 Å². The van der Waals surface area contributed by atoms with Crippen molar-refractivity contribution in [3.8, 4) is 0 Å². The standard InChI is InChI=1S/C11H19NO2/c1-6(2)14-11(13)9-4-7-3-8(9)10(12)5-7/h6-10H,3-5,12H2,1-2H3. The van der Waals surface area contributed by atoms with E-state index in [1.165, 1.54) is 0 Å². The molecule has 2 saturated carbocycles. The van der Waals surface area contributed by atoms with Crippen molar-refractivity contribution in [2.45, 2.75) is 45.3 Å². The fourth-order valence-corrected chi connectivity index (χ4v) is 3.00. The Balaban J connectivity index is 1.96. The third-order valence-corrected chi connectivity index (χ3v) is 3.52. The number of nitrogens with two attached hydrogens (primary N) is 1. The lowest BCUT2D eigenvalue weighted by Crippen LogP contribution is -2.37. The van der Waals surface area contributed by atoms with Gasteiger partial charge in [0.05, 0.1) is 12.0 Å². The topological polar surface area (TPSA) is 52.3 Å². The second-order valence-electron chi connectivity index (χ2n) is 4.99. The van der Waals surface area contributed by atoms with Crippen LogP contribution in [-0.4, -0.2) is 18.1 Å². The SMILES string of the molecule is CC(C)OC(=O)C1CC2CC(N)C1C2. The van der Waals surface area contributed by atoms with Gasteiger partial charge in [0.2, 0.25) is 0 Å². The van der Waals surface area contributed by atoms with Crippen LogP contribution in [0, 0.1) is 17.8 Å². The van der Waals surface area contributed by atoms with E-state index < -0.39 is 0 Å². The summed E-state index contributed by atoms with van der Waals surface area (Å²) in [5.41, 5.74) is 5.97. The molecule has 14 heavy (non-hydrogen) atoms. The Labute approximate surface area is 85.0 Å². The van der Waals surface area contributed by atoms with Crippen molar-refractivity contribution < 1.29 is 9.53 Å². The van der Waals surface area contributed by atoms with Crippen LogP contribution in [0.25, 0.3) is 0 Å². The molecule has 4 atom stereocenters. The van der Waals surface area contributed by atoms with Crippen LogP contribution in [0.1, 0.15) is 33.1 Å². The predicted octanol–water partition coefficient (Wildman–Crippen LogP) is 1.31. The quantitative estimate of drug-likeness (QED) is 0.679. The molecular weight excluding hydrogens is 178 g/mol. The number of fused-ring (bicyclic) bond motifs is 2. The molecule has 2 aliphatic rings. The average Bonchev–Trinajstić information content (AvgIpc) is 2.60. The Hall–Kier alpha value is -0.570. The molecule has 80 valence electrons. The van der Waals surface area contributed by atoms with Crippen molar-refractivity contribution in [2.75, 3.05) is 0 Å². The van der Waals surface area contributed by atoms with Crippen molar-refractivity contribution >= 4 is 5.97 Å². The van der Waals surface area contributed by atoms with E-state index in [0.29, 0.717) is 11.8 Å². The monoisotopic (exact) mass is 197 g/mol. The molecule has 4 unspecified atom stereocenters. The van der Waals surface area contributed by atoms with Crippen molar-refractivity contribution in [1.29, 1.82) is 0 Å². The molecule has 3 heteroatoms. The zero-order chi connectivity index (χ0) is 10.3. The summed E-state index contributed by atoms with van der Waals surface area (Å²) in [7, 11) is 0. The normalized spacial score (nSPS) is 40.6. The molecule has 0 radical (unpaired) electrons. The highest BCUT2D eigenvalue weighted by molar-refractivity contribution is 5.73. The fraction of sp³-hybridized carbons (Fsp3) is 0.909. The van der Waals surface area contributed by atoms with Gasteiger partial charge in [-0.25, -0.2) is 0 Å². The third kappa shape index (κ3) is 1.65. The van der Waals surface area contributed by atoms with Crippen molar-refractivity contribution in [3.05, 3.63) is 0 Å². The van der Waals surface area contributed by atoms with Gasteiger partial charge < -0.3 is 10.5 Å². The lowest BCUT2D eigenvalue weighted by Gasteiger charge is -2.25. The summed E-state index contributed by atoms with van der Waals surface area (Å²) in [6.07, 6.45) is 3.25. The van der Waals surface area contributed by atoms with Crippen LogP contribution < -0.4 is 5.73 Å². The van der Waals surface area contributed by atoms with Crippen LogP contribution in [0.3, 0.4) is 0 Å². The van der Waals surface area contributed by atoms with E-state index in [0.717, 1.165) is 19.3 Å². The summed E-state index contributed by atoms with van der Waals surface area (Å²) in [5, 5.41) is 0. The first-order chi connectivity index (χ1) is 6.58. The van der Waals surface area contributed by atoms with Gasteiger partial charge in [0, 0.05) is 6.04 Å². The highest BCUT2D eigenvalue weighted by Gasteiger charge is 2.48. The van der Waals surface area contributed by atoms with Crippen LogP contribution in [0.2, 0.25) is 0 Å². The highest BCUT2D eigenvalue weighted by Crippen LogP contribution is 2.48. The first-order valence-electron chi connectivity index (χ1n) is 5.54. The molecule has 0 heterocycles. The summed E-state index contributed by atoms with van der Waals surface area (Å²) in [5.74, 6) is 1.14. The molecule has 3 nitrogen and oxygen atoms in total. The van der Waals surface area contributed by atoms with E-state index in [1.54, 1.807) is 0 Å². The molecule has 2 rings (SSSR count). The number of esters is 1. The smallest absolute Gasteiger partial charge is 0.309 e. The minimum atomic E-state index is -0.0253. The molecule has 0 aromatic rings. The molecule has 0 aliphatic heterocycles. The van der Waals surface area contributed by atoms with Gasteiger partial charge in [-0.1, -0.05) is 0 Å². The van der Waals surface area contributed by atoms with Gasteiger partial charge in [-0.3, -0.25) is 4.79 Å². The van der Waals surface area contributed by atoms with E-state index in [-0.39, 0.29) is 24.0 Å². The zero-order valence-electron chi connectivity index (χ0n) is 8.90. The number of ether oxygens (including phenoxy) is 1. The number of rotatable bonds is 2. The van der Waals surface area contributed by atoms with E-state index in [1.807, 2.05) is 13.8 Å². The maximum atomic E-state index is 11.7. The molecule has 2 bridgehead atoms. The van der Waals surface area contributed by atoms with Gasteiger partial charge in [0.1, 0.15) is 0 Å². The summed E-state index contributed by atoms with van der Waals surface area (Å²) >= 11 is 0. The summed E-state index contributed by atoms with van der Waals surface area (Å²) in [6, 6.07) is 0.235. The fourth-order valence-electron chi connectivity index (χ4n) is 3.00. The third-order valence-electron chi connectivity index (χ3n) is 3.52. The van der Waals surface area contributed by atoms with Crippen molar-refractivity contribution in [1.82, 2.24) is 0 Å². The van der Waals surface area contributed by atoms with Gasteiger partial charge >= 0.3 is 5.97 Å². The highest BCUT2D eigenvalue weighted by atomic mass is 16.5. The lowest BCUT2D eigenvalue weighted by atomic mass is 9.85. The molecule has 0 saturated heterocycles. The minimum Gasteiger partial charge on any atom is -0.463 e. The Morgan fingerprint density at radius 1 is 1.36 bits per heavy atom. The molecule has 2 fully saturated rings. The van der Waals surface area contributed by atoms with Gasteiger partial charge in [0.15, 0.2) is 0 Å². The largest absolute Gasteiger partial charge is 0.463 e. The number of carbonyl (C=O) groups excluding carboxylic acids is 1. The number of carbonyl (C=O) groups is 1. The van der Waals surface area contributed by atoms with E-state index >= 15 is 0 Å². The Morgan fingerprint density at radius 3 is 2.57 bits per heavy atom. The number of hydrogen-bond acceptors (Lipinski definition) is 3. The molecule has 0 spiro atoms. The second-order valence-corrected chi connectivity index (χ2v) is 4.99. The number of hydrogen-bond donors (Lipinski definition) is 1. The Kier molecular flexibility index (Phi) is 2.52. The van der Waals surface area contributed by atoms with E-state index in [9.17, 15) is 4.79 Å². The molecule has 0 aromatic carbocycles. The van der Waals surface area contributed by atoms with Gasteiger partial charge in [0.25, 0.3) is 0 Å². The first-order valence-corrected chi connectivity index (χ1v) is 5.54. The maximum Gasteiger partial charge on any atom is 0.309 e. The second kappa shape index (κ2) is 3.54. The summed E-state index contributed by atoms with van der Waals surface area (Å²) in [4.78, 5) is 11.7. The molecule has 2 aliphatic carbocycles. The molecular formula is C11H19NO2. The maximum absolute atomic E-state index is 11.7. The Bertz CT molecular complexity index is 239. The van der Waals surface area contributed by atoms with Crippen molar-refractivity contribution in [2.24, 2.45) is 23.5 Å². The van der Waals surface area contributed by atoms with E-state index in [4.69, 9.17) is 10.5 Å². The summed E-state index contributed by atoms with van der Waals surface area (Å²) in [6.45, 7) is 3.79. The molecule has 0 amide bonds. The van der Waals surface area contributed by atoms with Crippen LogP contribution in [0.15, 0.2) is 0 Å². The van der Waals surface area contributed by atoms with Crippen molar-refractivity contribution in [3.63, 3.8) is 0 Å². The molecule has 0 aromatic heterocycles. The van der Waals surface area contributed by atoms with Crippen LogP contribution in [-0.2, 0) is 9.53 Å². The van der Waals surface area contributed by atoms with Crippen LogP contribution in [0.4, 0.5) is 0 Å². The van der Waals surface area contributed by atoms with Crippen LogP contribution in [0.5, 0.6) is 0 Å². The van der Waals surface area contributed by atoms with Gasteiger partial charge in [-0.05, 0) is 44.9 Å². The summed E-state index contributed by atoms with van der Waals surface area (Å²) < 4.78 is 5.24. The lowest BCUT2D eigenvalue weighted by molar-refractivity contribution is -0.154. The van der Waals surface area contributed by atoms with Gasteiger partial charge in [-0.2, -0.15) is 0 Å². The minimum absolute atomic E-state index is 0.00199. The average molecular weight is 197 g/mol.